The molecule has 0 aromatic heterocycles. The fourth-order valence-electron chi connectivity index (χ4n) is 7.67. The van der Waals surface area contributed by atoms with Crippen LogP contribution >= 0.6 is 0 Å². The van der Waals surface area contributed by atoms with Crippen LogP contribution in [0.15, 0.2) is 23.8 Å². The molecule has 0 aromatic rings. The number of fused-ring (bicyclic) bond motifs is 5. The number of hydrogen-bond donors (Lipinski definition) is 1. The summed E-state index contributed by atoms with van der Waals surface area (Å²) in [5.41, 5.74) is 1.95. The van der Waals surface area contributed by atoms with Gasteiger partial charge in [0.15, 0.2) is 0 Å². The van der Waals surface area contributed by atoms with Gasteiger partial charge in [0.1, 0.15) is 0 Å². The van der Waals surface area contributed by atoms with Gasteiger partial charge in [0.05, 0.1) is 0 Å². The molecular weight excluding hydrogens is 352 g/mol. The van der Waals surface area contributed by atoms with Gasteiger partial charge >= 0.3 is 5.97 Å². The van der Waals surface area contributed by atoms with E-state index >= 15 is 0 Å². The van der Waals surface area contributed by atoms with Crippen LogP contribution in [0.5, 0.6) is 0 Å². The highest BCUT2D eigenvalue weighted by Crippen LogP contribution is 2.68. The minimum Gasteiger partial charge on any atom is -0.481 e. The predicted octanol–water partition coefficient (Wildman–Crippen LogP) is 4.59. The first kappa shape index (κ1) is 19.6. The molecule has 0 bridgehead atoms. The molecule has 7 atom stereocenters. The molecule has 4 aliphatic rings. The number of carbonyl (C=O) groups excluding carboxylic acids is 2. The van der Waals surface area contributed by atoms with E-state index in [1.807, 2.05) is 6.92 Å². The van der Waals surface area contributed by atoms with Crippen molar-refractivity contribution in [3.8, 4) is 0 Å². The third kappa shape index (κ3) is 2.52. The molecule has 3 fully saturated rings. The molecule has 0 amide bonds. The second kappa shape index (κ2) is 6.40. The normalized spacial score (nSPS) is 45.2. The Morgan fingerprint density at radius 2 is 1.93 bits per heavy atom. The quantitative estimate of drug-likeness (QED) is 0.723. The summed E-state index contributed by atoms with van der Waals surface area (Å²) >= 11 is 0. The van der Waals surface area contributed by atoms with E-state index in [0.29, 0.717) is 23.7 Å². The van der Waals surface area contributed by atoms with Crippen molar-refractivity contribution in [1.29, 1.82) is 0 Å². The Morgan fingerprint density at radius 3 is 2.61 bits per heavy atom. The minimum atomic E-state index is -0.701. The van der Waals surface area contributed by atoms with Gasteiger partial charge in [-0.3, -0.25) is 14.4 Å². The summed E-state index contributed by atoms with van der Waals surface area (Å²) in [6.07, 6.45) is 7.91. The lowest BCUT2D eigenvalue weighted by Gasteiger charge is -2.59. The van der Waals surface area contributed by atoms with Crippen LogP contribution in [0.1, 0.15) is 65.7 Å². The average Bonchev–Trinajstić information content (AvgIpc) is 2.97. The number of carbonyl (C=O) groups is 3. The van der Waals surface area contributed by atoms with E-state index in [4.69, 9.17) is 5.11 Å². The maximum atomic E-state index is 12.6. The summed E-state index contributed by atoms with van der Waals surface area (Å²) in [6.45, 7) is 10.8. The molecule has 0 saturated heterocycles. The van der Waals surface area contributed by atoms with Crippen LogP contribution < -0.4 is 0 Å². The van der Waals surface area contributed by atoms with Crippen LogP contribution in [0.3, 0.4) is 0 Å². The van der Waals surface area contributed by atoms with E-state index < -0.39 is 5.97 Å². The van der Waals surface area contributed by atoms with E-state index in [-0.39, 0.29) is 34.7 Å². The van der Waals surface area contributed by atoms with E-state index in [2.05, 4.69) is 20.4 Å². The molecule has 1 N–H and O–H groups in total. The van der Waals surface area contributed by atoms with Crippen molar-refractivity contribution in [2.45, 2.75) is 65.7 Å². The van der Waals surface area contributed by atoms with Gasteiger partial charge in [-0.25, -0.2) is 0 Å². The predicted molar refractivity (Wildman–Crippen MR) is 107 cm³/mol. The van der Waals surface area contributed by atoms with Crippen LogP contribution in [0.4, 0.5) is 0 Å². The Balaban J connectivity index is 1.68. The van der Waals surface area contributed by atoms with Crippen molar-refractivity contribution in [2.24, 2.45) is 40.4 Å². The van der Waals surface area contributed by atoms with E-state index in [0.717, 1.165) is 49.7 Å². The molecule has 4 rings (SSSR count). The van der Waals surface area contributed by atoms with Crippen molar-refractivity contribution >= 4 is 17.5 Å². The highest BCUT2D eigenvalue weighted by atomic mass is 16.4. The average molecular weight is 385 g/mol. The molecule has 4 aliphatic carbocycles. The third-order valence-corrected chi connectivity index (χ3v) is 9.36. The Labute approximate surface area is 167 Å². The third-order valence-electron chi connectivity index (χ3n) is 9.36. The first-order chi connectivity index (χ1) is 13.1. The van der Waals surface area contributed by atoms with Crippen LogP contribution in [-0.2, 0) is 14.4 Å². The van der Waals surface area contributed by atoms with Crippen LogP contribution in [0.2, 0.25) is 0 Å². The number of carboxylic acid groups (broad SMARTS) is 1. The van der Waals surface area contributed by atoms with Gasteiger partial charge in [0.25, 0.3) is 0 Å². The smallest absolute Gasteiger partial charge is 0.303 e. The number of aliphatic carboxylic acids is 1. The molecule has 0 aromatic carbocycles. The molecule has 0 radical (unpaired) electrons. The Kier molecular flexibility index (Phi) is 4.48. The number of ketones is 2. The molecule has 0 heterocycles. The zero-order valence-electron chi connectivity index (χ0n) is 17.3. The summed E-state index contributed by atoms with van der Waals surface area (Å²) < 4.78 is 0. The maximum Gasteiger partial charge on any atom is 0.303 e. The topological polar surface area (TPSA) is 71.4 Å². The standard InChI is InChI=1S/C24H32O4/c1-13-11-16-17-7-5-15(6-8-21(26)27)23(17,3)10-9-18(16)24(4)14(2)22(28)20(25)12-19(13)24/h12,14-18H,1,5-11H2,2-4H3,(H,26,27)/t14?,15?,16-,17-,18+,23+,24+/m0/s1. The second-order valence-electron chi connectivity index (χ2n) is 10.2. The Morgan fingerprint density at radius 1 is 1.21 bits per heavy atom. The van der Waals surface area contributed by atoms with E-state index in [9.17, 15) is 14.4 Å². The van der Waals surface area contributed by atoms with Crippen molar-refractivity contribution < 1.29 is 19.5 Å². The lowest BCUT2D eigenvalue weighted by molar-refractivity contribution is -0.142. The SMILES string of the molecule is C=C1C[C@@H]2[C@@H](CC[C@]3(C)C(CCC(=O)O)CC[C@@H]23)[C@]2(C)C1=CC(=O)C(=O)C2C. The Hall–Kier alpha value is -1.71. The molecular formula is C24H32O4. The highest BCUT2D eigenvalue weighted by molar-refractivity contribution is 6.43. The zero-order chi connectivity index (χ0) is 20.4. The molecule has 152 valence electrons. The van der Waals surface area contributed by atoms with Gasteiger partial charge in [-0.15, -0.1) is 0 Å². The molecule has 3 saturated carbocycles. The molecule has 0 spiro atoms. The summed E-state index contributed by atoms with van der Waals surface area (Å²) in [6, 6.07) is 0. The van der Waals surface area contributed by atoms with Crippen molar-refractivity contribution in [2.75, 3.05) is 0 Å². The highest BCUT2D eigenvalue weighted by Gasteiger charge is 2.61. The molecule has 0 aliphatic heterocycles. The lowest BCUT2D eigenvalue weighted by atomic mass is 9.44. The number of rotatable bonds is 3. The largest absolute Gasteiger partial charge is 0.481 e. The summed E-state index contributed by atoms with van der Waals surface area (Å²) in [5.74, 6) is 0.291. The van der Waals surface area contributed by atoms with Gasteiger partial charge in [-0.2, -0.15) is 0 Å². The van der Waals surface area contributed by atoms with Gasteiger partial charge in [0.2, 0.25) is 11.6 Å². The maximum absolute atomic E-state index is 12.6. The molecule has 4 nitrogen and oxygen atoms in total. The molecule has 28 heavy (non-hydrogen) atoms. The fraction of sp³-hybridized carbons (Fsp3) is 0.708. The zero-order valence-corrected chi connectivity index (χ0v) is 17.3. The number of Topliss-reactive ketones (excluding diaryl/α,β-unsaturated/α-hetero) is 1. The second-order valence-corrected chi connectivity index (χ2v) is 10.2. The molecule has 2 unspecified atom stereocenters. The van der Waals surface area contributed by atoms with Crippen molar-refractivity contribution in [1.82, 2.24) is 0 Å². The lowest BCUT2D eigenvalue weighted by Crippen LogP contribution is -2.55. The van der Waals surface area contributed by atoms with Crippen molar-refractivity contribution in [3.63, 3.8) is 0 Å². The monoisotopic (exact) mass is 384 g/mol. The fourth-order valence-corrected chi connectivity index (χ4v) is 7.67. The van der Waals surface area contributed by atoms with E-state index in [1.54, 1.807) is 6.08 Å². The van der Waals surface area contributed by atoms with Gasteiger partial charge in [0, 0.05) is 17.8 Å². The van der Waals surface area contributed by atoms with Crippen LogP contribution in [0, 0.1) is 40.4 Å². The summed E-state index contributed by atoms with van der Waals surface area (Å²) in [4.78, 5) is 35.9. The number of carboxylic acids is 1. The van der Waals surface area contributed by atoms with Gasteiger partial charge in [-0.05, 0) is 79.3 Å². The van der Waals surface area contributed by atoms with Crippen LogP contribution in [0.25, 0.3) is 0 Å². The summed E-state index contributed by atoms with van der Waals surface area (Å²) in [7, 11) is 0. The summed E-state index contributed by atoms with van der Waals surface area (Å²) in [5, 5.41) is 9.14. The first-order valence-corrected chi connectivity index (χ1v) is 10.8. The Bertz CT molecular complexity index is 792. The van der Waals surface area contributed by atoms with E-state index in [1.165, 1.54) is 0 Å². The number of hydrogen-bond acceptors (Lipinski definition) is 3. The number of allylic oxidation sites excluding steroid dienone is 2. The minimum absolute atomic E-state index is 0.187. The molecule has 4 heteroatoms. The van der Waals surface area contributed by atoms with Crippen molar-refractivity contribution in [3.05, 3.63) is 23.8 Å². The van der Waals surface area contributed by atoms with Crippen LogP contribution in [-0.4, -0.2) is 22.6 Å². The van der Waals surface area contributed by atoms with Gasteiger partial charge < -0.3 is 5.11 Å². The first-order valence-electron chi connectivity index (χ1n) is 10.8. The van der Waals surface area contributed by atoms with Gasteiger partial charge in [-0.1, -0.05) is 32.9 Å².